The van der Waals surface area contributed by atoms with Gasteiger partial charge in [0.25, 0.3) is 0 Å². The predicted octanol–water partition coefficient (Wildman–Crippen LogP) is 3.96. The van der Waals surface area contributed by atoms with Crippen LogP contribution in [0.3, 0.4) is 0 Å². The minimum atomic E-state index is -4.54. The molecular weight excluding hydrogens is 445 g/mol. The summed E-state index contributed by atoms with van der Waals surface area (Å²) in [7, 11) is -3.90. The highest BCUT2D eigenvalue weighted by molar-refractivity contribution is 7.92. The number of halogens is 3. The Morgan fingerprint density at radius 2 is 1.62 bits per heavy atom. The quantitative estimate of drug-likeness (QED) is 0.590. The van der Waals surface area contributed by atoms with Gasteiger partial charge in [-0.15, -0.1) is 0 Å². The lowest BCUT2D eigenvalue weighted by atomic mass is 9.86. The highest BCUT2D eigenvalue weighted by Gasteiger charge is 2.31. The molecule has 0 saturated heterocycles. The summed E-state index contributed by atoms with van der Waals surface area (Å²) in [6, 6.07) is 11.1. The van der Waals surface area contributed by atoms with Crippen molar-refractivity contribution in [3.63, 3.8) is 0 Å². The molecule has 0 unspecified atom stereocenters. The lowest BCUT2D eigenvalue weighted by molar-refractivity contribution is -0.137. The van der Waals surface area contributed by atoms with Gasteiger partial charge in [-0.25, -0.2) is 8.42 Å². The van der Waals surface area contributed by atoms with Crippen molar-refractivity contribution in [3.8, 4) is 5.75 Å². The van der Waals surface area contributed by atoms with Crippen molar-refractivity contribution in [1.82, 2.24) is 5.32 Å². The monoisotopic (exact) mass is 472 g/mol. The van der Waals surface area contributed by atoms with Crippen LogP contribution in [-0.2, 0) is 26.4 Å². The number of rotatable bonds is 8. The lowest BCUT2D eigenvalue weighted by Gasteiger charge is -2.23. The molecule has 1 amide bonds. The zero-order valence-electron chi connectivity index (χ0n) is 18.4. The first kappa shape index (κ1) is 25.5. The summed E-state index contributed by atoms with van der Waals surface area (Å²) in [6.07, 6.45) is -3.66. The van der Waals surface area contributed by atoms with Crippen LogP contribution < -0.4 is 14.4 Å². The molecule has 0 radical (unpaired) electrons. The molecule has 2 aromatic rings. The van der Waals surface area contributed by atoms with Crippen molar-refractivity contribution >= 4 is 21.6 Å². The van der Waals surface area contributed by atoms with Crippen LogP contribution in [0, 0.1) is 0 Å². The SMILES string of the molecule is CC(C)(C)c1ccccc1OCCNC(=O)CN(c1ccc(C(F)(F)F)cc1)S(C)(=O)=O. The van der Waals surface area contributed by atoms with Gasteiger partial charge in [-0.1, -0.05) is 39.0 Å². The Kier molecular flexibility index (Phi) is 7.82. The van der Waals surface area contributed by atoms with E-state index in [0.29, 0.717) is 5.75 Å². The second-order valence-corrected chi connectivity index (χ2v) is 10.2. The number of hydrogen-bond donors (Lipinski definition) is 1. The highest BCUT2D eigenvalue weighted by Crippen LogP contribution is 2.31. The molecule has 0 aliphatic carbocycles. The molecule has 0 spiro atoms. The van der Waals surface area contributed by atoms with Crippen molar-refractivity contribution in [2.75, 3.05) is 30.3 Å². The zero-order valence-corrected chi connectivity index (χ0v) is 19.2. The van der Waals surface area contributed by atoms with E-state index in [9.17, 15) is 26.4 Å². The average molecular weight is 473 g/mol. The summed E-state index contributed by atoms with van der Waals surface area (Å²) in [5.74, 6) is 0.0831. The van der Waals surface area contributed by atoms with Crippen molar-refractivity contribution < 1.29 is 31.1 Å². The molecule has 0 bridgehead atoms. The number of nitrogens with zero attached hydrogens (tertiary/aromatic N) is 1. The largest absolute Gasteiger partial charge is 0.491 e. The number of sulfonamides is 1. The molecule has 1 N–H and O–H groups in total. The van der Waals surface area contributed by atoms with E-state index in [0.717, 1.165) is 40.4 Å². The molecule has 0 saturated carbocycles. The number of alkyl halides is 3. The lowest BCUT2D eigenvalue weighted by Crippen LogP contribution is -2.41. The van der Waals surface area contributed by atoms with Crippen LogP contribution in [0.5, 0.6) is 5.75 Å². The van der Waals surface area contributed by atoms with Crippen LogP contribution >= 0.6 is 0 Å². The summed E-state index contributed by atoms with van der Waals surface area (Å²) in [4.78, 5) is 12.3. The van der Waals surface area contributed by atoms with E-state index in [1.165, 1.54) is 0 Å². The zero-order chi connectivity index (χ0) is 24.2. The van der Waals surface area contributed by atoms with E-state index in [2.05, 4.69) is 26.1 Å². The van der Waals surface area contributed by atoms with Crippen molar-refractivity contribution in [2.24, 2.45) is 0 Å². The van der Waals surface area contributed by atoms with E-state index >= 15 is 0 Å². The van der Waals surface area contributed by atoms with Gasteiger partial charge in [-0.3, -0.25) is 9.10 Å². The molecule has 0 aromatic heterocycles. The van der Waals surface area contributed by atoms with Gasteiger partial charge in [0, 0.05) is 0 Å². The van der Waals surface area contributed by atoms with Crippen molar-refractivity contribution in [2.45, 2.75) is 32.4 Å². The maximum atomic E-state index is 12.7. The third-order valence-electron chi connectivity index (χ3n) is 4.55. The Morgan fingerprint density at radius 1 is 1.03 bits per heavy atom. The Labute approximate surface area is 186 Å². The maximum Gasteiger partial charge on any atom is 0.416 e. The first-order valence-corrected chi connectivity index (χ1v) is 11.7. The average Bonchev–Trinajstić information content (AvgIpc) is 2.67. The minimum Gasteiger partial charge on any atom is -0.491 e. The van der Waals surface area contributed by atoms with Gasteiger partial charge in [0.2, 0.25) is 15.9 Å². The smallest absolute Gasteiger partial charge is 0.416 e. The van der Waals surface area contributed by atoms with Gasteiger partial charge in [0.05, 0.1) is 24.1 Å². The second kappa shape index (κ2) is 9.81. The second-order valence-electron chi connectivity index (χ2n) is 8.26. The van der Waals surface area contributed by atoms with Gasteiger partial charge >= 0.3 is 6.18 Å². The molecule has 0 aliphatic heterocycles. The van der Waals surface area contributed by atoms with E-state index in [-0.39, 0.29) is 24.3 Å². The molecule has 0 fully saturated rings. The third-order valence-corrected chi connectivity index (χ3v) is 5.69. The first-order chi connectivity index (χ1) is 14.7. The molecule has 0 heterocycles. The fourth-order valence-corrected chi connectivity index (χ4v) is 3.82. The standard InChI is InChI=1S/C22H27F3N2O4S/c1-21(2,3)18-7-5-6-8-19(18)31-14-13-26-20(28)15-27(32(4,29)30)17-11-9-16(10-12-17)22(23,24)25/h5-12H,13-15H2,1-4H3,(H,26,28). The van der Waals surface area contributed by atoms with E-state index in [1.54, 1.807) is 0 Å². The van der Waals surface area contributed by atoms with Crippen molar-refractivity contribution in [1.29, 1.82) is 0 Å². The van der Waals surface area contributed by atoms with Crippen molar-refractivity contribution in [3.05, 3.63) is 59.7 Å². The molecule has 2 rings (SSSR count). The Morgan fingerprint density at radius 3 is 2.16 bits per heavy atom. The number of anilines is 1. The maximum absolute atomic E-state index is 12.7. The number of ether oxygens (including phenoxy) is 1. The number of benzene rings is 2. The van der Waals surface area contributed by atoms with E-state index in [1.807, 2.05) is 24.3 Å². The number of para-hydroxylation sites is 1. The van der Waals surface area contributed by atoms with Gasteiger partial charge in [0.15, 0.2) is 0 Å². The third kappa shape index (κ3) is 7.15. The number of hydrogen-bond acceptors (Lipinski definition) is 4. The molecule has 176 valence electrons. The van der Waals surface area contributed by atoms with Crippen LogP contribution in [0.1, 0.15) is 31.9 Å². The number of carbonyl (C=O) groups excluding carboxylic acids is 1. The number of carbonyl (C=O) groups is 1. The van der Waals surface area contributed by atoms with E-state index < -0.39 is 34.2 Å². The normalized spacial score (nSPS) is 12.3. The molecule has 0 atom stereocenters. The van der Waals surface area contributed by atoms with Crippen LogP contribution in [0.2, 0.25) is 0 Å². The fraction of sp³-hybridized carbons (Fsp3) is 0.409. The van der Waals surface area contributed by atoms with Gasteiger partial charge in [-0.05, 0) is 41.3 Å². The molecule has 10 heteroatoms. The number of amides is 1. The summed E-state index contributed by atoms with van der Waals surface area (Å²) >= 11 is 0. The first-order valence-electron chi connectivity index (χ1n) is 9.83. The number of nitrogens with one attached hydrogen (secondary N) is 1. The topological polar surface area (TPSA) is 75.7 Å². The highest BCUT2D eigenvalue weighted by atomic mass is 32.2. The van der Waals surface area contributed by atoms with Gasteiger partial charge < -0.3 is 10.1 Å². The molecule has 0 aliphatic rings. The minimum absolute atomic E-state index is 0.0361. The Hall–Kier alpha value is -2.75. The van der Waals surface area contributed by atoms with E-state index in [4.69, 9.17) is 4.74 Å². The van der Waals surface area contributed by atoms with Gasteiger partial charge in [0.1, 0.15) is 18.9 Å². The van der Waals surface area contributed by atoms with Gasteiger partial charge in [-0.2, -0.15) is 13.2 Å². The van der Waals surface area contributed by atoms with Crippen LogP contribution in [0.15, 0.2) is 48.5 Å². The molecule has 2 aromatic carbocycles. The fourth-order valence-electron chi connectivity index (χ4n) is 2.97. The van der Waals surface area contributed by atoms with Crippen LogP contribution in [0.4, 0.5) is 18.9 Å². The summed E-state index contributed by atoms with van der Waals surface area (Å²) in [5.41, 5.74) is -0.0629. The summed E-state index contributed by atoms with van der Waals surface area (Å²) in [6.45, 7) is 5.89. The van der Waals surface area contributed by atoms with Crippen LogP contribution in [-0.4, -0.2) is 40.3 Å². The Balaban J connectivity index is 1.98. The molecule has 6 nitrogen and oxygen atoms in total. The molecular formula is C22H27F3N2O4S. The summed E-state index contributed by atoms with van der Waals surface area (Å²) < 4.78 is 68.9. The van der Waals surface area contributed by atoms with Crippen LogP contribution in [0.25, 0.3) is 0 Å². The molecule has 32 heavy (non-hydrogen) atoms. The summed E-state index contributed by atoms with van der Waals surface area (Å²) in [5, 5.41) is 2.57. The Bertz CT molecular complexity index is 1030. The predicted molar refractivity (Wildman–Crippen MR) is 117 cm³/mol.